The van der Waals surface area contributed by atoms with Gasteiger partial charge in [-0.3, -0.25) is 0 Å². The van der Waals surface area contributed by atoms with Crippen molar-refractivity contribution in [3.63, 3.8) is 0 Å². The summed E-state index contributed by atoms with van der Waals surface area (Å²) in [4.78, 5) is 0.153. The number of rotatable bonds is 8. The molecular formula is C17H22N2O4S2. The van der Waals surface area contributed by atoms with Crippen molar-refractivity contribution in [2.75, 3.05) is 19.3 Å². The third-order valence-corrected chi connectivity index (χ3v) is 6.51. The molecule has 6 nitrogen and oxygen atoms in total. The number of aryl methyl sites for hydroxylation is 1. The molecular weight excluding hydrogens is 360 g/mol. The fraction of sp³-hybridized carbons (Fsp3) is 0.294. The van der Waals surface area contributed by atoms with Gasteiger partial charge in [-0.1, -0.05) is 42.5 Å². The van der Waals surface area contributed by atoms with Gasteiger partial charge in [0.05, 0.1) is 11.2 Å². The maximum absolute atomic E-state index is 12.2. The van der Waals surface area contributed by atoms with Crippen molar-refractivity contribution in [3.05, 3.63) is 65.7 Å². The summed E-state index contributed by atoms with van der Waals surface area (Å²) >= 11 is 0. The highest BCUT2D eigenvalue weighted by Gasteiger charge is 2.19. The molecule has 0 amide bonds. The Morgan fingerprint density at radius 2 is 1.52 bits per heavy atom. The van der Waals surface area contributed by atoms with Crippen LogP contribution in [0.4, 0.5) is 0 Å². The van der Waals surface area contributed by atoms with E-state index in [4.69, 9.17) is 0 Å². The minimum atomic E-state index is -3.65. The van der Waals surface area contributed by atoms with Gasteiger partial charge < -0.3 is 0 Å². The lowest BCUT2D eigenvalue weighted by Crippen LogP contribution is -2.37. The van der Waals surface area contributed by atoms with Crippen molar-refractivity contribution in [1.29, 1.82) is 0 Å². The molecule has 0 aliphatic carbocycles. The van der Waals surface area contributed by atoms with E-state index in [9.17, 15) is 16.8 Å². The number of nitrogens with one attached hydrogen (secondary N) is 1. The molecule has 0 radical (unpaired) electrons. The third kappa shape index (κ3) is 5.64. The average molecular weight is 383 g/mol. The van der Waals surface area contributed by atoms with Crippen molar-refractivity contribution < 1.29 is 16.8 Å². The number of benzene rings is 2. The van der Waals surface area contributed by atoms with E-state index in [1.807, 2.05) is 31.2 Å². The van der Waals surface area contributed by atoms with E-state index in [1.54, 1.807) is 18.2 Å². The summed E-state index contributed by atoms with van der Waals surface area (Å²) in [6, 6.07) is 15.5. The van der Waals surface area contributed by atoms with Crippen LogP contribution in [0, 0.1) is 6.92 Å². The topological polar surface area (TPSA) is 83.6 Å². The lowest BCUT2D eigenvalue weighted by atomic mass is 10.1. The van der Waals surface area contributed by atoms with E-state index in [0.29, 0.717) is 0 Å². The average Bonchev–Trinajstić information content (AvgIpc) is 2.55. The Balaban J connectivity index is 2.05. The highest BCUT2D eigenvalue weighted by molar-refractivity contribution is 7.89. The Kier molecular flexibility index (Phi) is 6.34. The Hall–Kier alpha value is -1.74. The summed E-state index contributed by atoms with van der Waals surface area (Å²) in [5.41, 5.74) is 1.87. The summed E-state index contributed by atoms with van der Waals surface area (Å²) in [5, 5.41) is 0. The molecule has 0 aliphatic heterocycles. The fourth-order valence-corrected chi connectivity index (χ4v) is 4.17. The molecule has 0 spiro atoms. The normalized spacial score (nSPS) is 12.4. The first kappa shape index (κ1) is 19.6. The van der Waals surface area contributed by atoms with Crippen LogP contribution in [0.5, 0.6) is 0 Å². The second-order valence-corrected chi connectivity index (χ2v) is 9.48. The molecule has 0 aromatic heterocycles. The first-order chi connectivity index (χ1) is 11.7. The molecule has 0 aliphatic rings. The second-order valence-electron chi connectivity index (χ2n) is 5.73. The largest absolute Gasteiger partial charge is 0.240 e. The predicted molar refractivity (Wildman–Crippen MR) is 98.1 cm³/mol. The van der Waals surface area contributed by atoms with E-state index >= 15 is 0 Å². The molecule has 0 saturated carbocycles. The van der Waals surface area contributed by atoms with Crippen molar-refractivity contribution >= 4 is 20.0 Å². The Morgan fingerprint density at radius 3 is 2.12 bits per heavy atom. The molecule has 2 rings (SSSR count). The minimum Gasteiger partial charge on any atom is -0.212 e. The van der Waals surface area contributed by atoms with Gasteiger partial charge in [0, 0.05) is 19.6 Å². The number of hydrogen-bond acceptors (Lipinski definition) is 4. The third-order valence-electron chi connectivity index (χ3n) is 3.78. The van der Waals surface area contributed by atoms with E-state index in [-0.39, 0.29) is 24.5 Å². The Bertz CT molecular complexity index is 911. The molecule has 0 fully saturated rings. The van der Waals surface area contributed by atoms with Gasteiger partial charge in [-0.05, 0) is 30.2 Å². The molecule has 0 heterocycles. The molecule has 0 bridgehead atoms. The predicted octanol–water partition coefficient (Wildman–Crippen LogP) is 1.74. The monoisotopic (exact) mass is 382 g/mol. The smallest absolute Gasteiger partial charge is 0.212 e. The molecule has 0 unspecified atom stereocenters. The van der Waals surface area contributed by atoms with Gasteiger partial charge in [0.1, 0.15) is 0 Å². The van der Waals surface area contributed by atoms with Crippen LogP contribution < -0.4 is 4.72 Å². The maximum atomic E-state index is 12.2. The lowest BCUT2D eigenvalue weighted by molar-refractivity contribution is 0.411. The van der Waals surface area contributed by atoms with E-state index in [1.165, 1.54) is 16.4 Å². The molecule has 0 atom stereocenters. The standard InChI is InChI=1S/C17H22N2O4S2/c1-15-8-6-7-9-16(15)14-19(24(2,20)21)13-12-18-25(22,23)17-10-4-3-5-11-17/h3-11,18H,12-14H2,1-2H3. The maximum Gasteiger partial charge on any atom is 0.240 e. The highest BCUT2D eigenvalue weighted by atomic mass is 32.2. The van der Waals surface area contributed by atoms with Crippen molar-refractivity contribution in [2.45, 2.75) is 18.4 Å². The quantitative estimate of drug-likeness (QED) is 0.754. The van der Waals surface area contributed by atoms with Crippen LogP contribution in [0.1, 0.15) is 11.1 Å². The zero-order chi connectivity index (χ0) is 18.5. The van der Waals surface area contributed by atoms with Crippen LogP contribution in [-0.2, 0) is 26.6 Å². The molecule has 2 aromatic carbocycles. The van der Waals surface area contributed by atoms with E-state index in [2.05, 4.69) is 4.72 Å². The van der Waals surface area contributed by atoms with Gasteiger partial charge in [-0.15, -0.1) is 0 Å². The zero-order valence-corrected chi connectivity index (χ0v) is 15.8. The number of hydrogen-bond donors (Lipinski definition) is 1. The number of sulfonamides is 2. The van der Waals surface area contributed by atoms with Crippen molar-refractivity contribution in [2.24, 2.45) is 0 Å². The van der Waals surface area contributed by atoms with Gasteiger partial charge >= 0.3 is 0 Å². The molecule has 25 heavy (non-hydrogen) atoms. The highest BCUT2D eigenvalue weighted by Crippen LogP contribution is 2.13. The van der Waals surface area contributed by atoms with Crippen LogP contribution >= 0.6 is 0 Å². The van der Waals surface area contributed by atoms with E-state index < -0.39 is 20.0 Å². The summed E-state index contributed by atoms with van der Waals surface area (Å²) in [6.07, 6.45) is 1.12. The SMILES string of the molecule is Cc1ccccc1CN(CCNS(=O)(=O)c1ccccc1)S(C)(=O)=O. The van der Waals surface area contributed by atoms with Crippen LogP contribution in [0.15, 0.2) is 59.5 Å². The molecule has 8 heteroatoms. The molecule has 0 saturated heterocycles. The minimum absolute atomic E-state index is 0.00379. The summed E-state index contributed by atoms with van der Waals surface area (Å²) in [5.74, 6) is 0. The van der Waals surface area contributed by atoms with Gasteiger partial charge in [0.2, 0.25) is 20.0 Å². The van der Waals surface area contributed by atoms with Crippen molar-refractivity contribution in [1.82, 2.24) is 9.03 Å². The van der Waals surface area contributed by atoms with Crippen LogP contribution in [0.2, 0.25) is 0 Å². The summed E-state index contributed by atoms with van der Waals surface area (Å²) in [6.45, 7) is 2.17. The molecule has 136 valence electrons. The summed E-state index contributed by atoms with van der Waals surface area (Å²) in [7, 11) is -7.12. The second kappa shape index (κ2) is 8.09. The first-order valence-electron chi connectivity index (χ1n) is 7.74. The fourth-order valence-electron chi connectivity index (χ4n) is 2.33. The van der Waals surface area contributed by atoms with Crippen molar-refractivity contribution in [3.8, 4) is 0 Å². The first-order valence-corrected chi connectivity index (χ1v) is 11.1. The van der Waals surface area contributed by atoms with Gasteiger partial charge in [0.25, 0.3) is 0 Å². The van der Waals surface area contributed by atoms with Crippen LogP contribution in [0.3, 0.4) is 0 Å². The van der Waals surface area contributed by atoms with Gasteiger partial charge in [0.15, 0.2) is 0 Å². The molecule has 2 aromatic rings. The summed E-state index contributed by atoms with van der Waals surface area (Å²) < 4.78 is 52.1. The van der Waals surface area contributed by atoms with Gasteiger partial charge in [-0.2, -0.15) is 4.31 Å². The lowest BCUT2D eigenvalue weighted by Gasteiger charge is -2.21. The Labute approximate surface area is 149 Å². The van der Waals surface area contributed by atoms with Crippen LogP contribution in [-0.4, -0.2) is 40.5 Å². The molecule has 1 N–H and O–H groups in total. The van der Waals surface area contributed by atoms with Crippen LogP contribution in [0.25, 0.3) is 0 Å². The zero-order valence-electron chi connectivity index (χ0n) is 14.2. The number of nitrogens with zero attached hydrogens (tertiary/aromatic N) is 1. The van der Waals surface area contributed by atoms with Gasteiger partial charge in [-0.25, -0.2) is 21.6 Å². The Morgan fingerprint density at radius 1 is 0.920 bits per heavy atom. The van der Waals surface area contributed by atoms with E-state index in [0.717, 1.165) is 17.4 Å².